The molecule has 1 unspecified atom stereocenters. The topological polar surface area (TPSA) is 46.3 Å². The van der Waals surface area contributed by atoms with Crippen LogP contribution in [0.5, 0.6) is 0 Å². The number of hydrogen-bond acceptors (Lipinski definition) is 4. The van der Waals surface area contributed by atoms with Crippen LogP contribution in [0.4, 0.5) is 11.4 Å². The van der Waals surface area contributed by atoms with Crippen LogP contribution in [0.1, 0.15) is 24.2 Å². The molecule has 0 bridgehead atoms. The smallest absolute Gasteiger partial charge is 0.161 e. The monoisotopic (exact) mass is 250 g/mol. The van der Waals surface area contributed by atoms with Crippen molar-refractivity contribution in [2.75, 3.05) is 28.7 Å². The number of ketones is 1. The lowest BCUT2D eigenvalue weighted by Gasteiger charge is -2.35. The summed E-state index contributed by atoms with van der Waals surface area (Å²) in [6.45, 7) is 4.82. The number of rotatable bonds is 2. The lowest BCUT2D eigenvalue weighted by molar-refractivity contribution is 0.101. The maximum Gasteiger partial charge on any atom is 0.161 e. The van der Waals surface area contributed by atoms with Gasteiger partial charge in [-0.2, -0.15) is 11.8 Å². The fourth-order valence-corrected chi connectivity index (χ4v) is 3.17. The molecule has 0 amide bonds. The predicted molar refractivity (Wildman–Crippen MR) is 75.0 cm³/mol. The van der Waals surface area contributed by atoms with Crippen LogP contribution in [-0.4, -0.2) is 29.9 Å². The van der Waals surface area contributed by atoms with Crippen molar-refractivity contribution in [2.24, 2.45) is 0 Å². The predicted octanol–water partition coefficient (Wildman–Crippen LogP) is 2.41. The number of anilines is 2. The molecule has 0 spiro atoms. The Morgan fingerprint density at radius 1 is 1.53 bits per heavy atom. The average Bonchev–Trinajstić information content (AvgIpc) is 2.29. The maximum absolute atomic E-state index is 11.3. The Hall–Kier alpha value is -1.16. The molecule has 1 saturated heterocycles. The van der Waals surface area contributed by atoms with Gasteiger partial charge in [-0.1, -0.05) is 0 Å². The first-order valence-corrected chi connectivity index (χ1v) is 7.00. The zero-order valence-corrected chi connectivity index (χ0v) is 11.1. The van der Waals surface area contributed by atoms with E-state index in [9.17, 15) is 4.79 Å². The largest absolute Gasteiger partial charge is 0.398 e. The first-order valence-electron chi connectivity index (χ1n) is 5.84. The molecule has 0 saturated carbocycles. The molecule has 1 heterocycles. The van der Waals surface area contributed by atoms with Crippen LogP contribution in [0.3, 0.4) is 0 Å². The number of Topliss-reactive ketones (excluding diaryl/α,β-unsaturated/α-hetero) is 1. The van der Waals surface area contributed by atoms with E-state index in [0.29, 0.717) is 17.3 Å². The molecular formula is C13H18N2OS. The van der Waals surface area contributed by atoms with Gasteiger partial charge in [0.2, 0.25) is 0 Å². The van der Waals surface area contributed by atoms with Crippen LogP contribution in [-0.2, 0) is 0 Å². The van der Waals surface area contributed by atoms with Gasteiger partial charge < -0.3 is 10.6 Å². The van der Waals surface area contributed by atoms with Crippen molar-refractivity contribution < 1.29 is 4.79 Å². The van der Waals surface area contributed by atoms with E-state index in [1.165, 1.54) is 0 Å². The van der Waals surface area contributed by atoms with Gasteiger partial charge in [-0.05, 0) is 32.0 Å². The van der Waals surface area contributed by atoms with Crippen molar-refractivity contribution in [3.8, 4) is 0 Å². The Morgan fingerprint density at radius 2 is 2.29 bits per heavy atom. The number of nitrogens with zero attached hydrogens (tertiary/aromatic N) is 1. The molecule has 1 aromatic rings. The quantitative estimate of drug-likeness (QED) is 0.647. The minimum atomic E-state index is 0.0244. The molecular weight excluding hydrogens is 232 g/mol. The van der Waals surface area contributed by atoms with Crippen molar-refractivity contribution in [3.05, 3.63) is 23.8 Å². The number of benzene rings is 1. The standard InChI is InChI=1S/C13H18N2OS/c1-9-8-17-6-5-15(9)11-3-4-12(10(2)16)13(14)7-11/h3-4,7,9H,5-6,8,14H2,1-2H3. The van der Waals surface area contributed by atoms with Gasteiger partial charge in [0.05, 0.1) is 0 Å². The molecule has 2 N–H and O–H groups in total. The highest BCUT2D eigenvalue weighted by molar-refractivity contribution is 7.99. The number of thioether (sulfide) groups is 1. The summed E-state index contributed by atoms with van der Waals surface area (Å²) < 4.78 is 0. The Labute approximate surface area is 106 Å². The van der Waals surface area contributed by atoms with E-state index in [0.717, 1.165) is 23.7 Å². The van der Waals surface area contributed by atoms with Gasteiger partial charge >= 0.3 is 0 Å². The van der Waals surface area contributed by atoms with Crippen molar-refractivity contribution >= 4 is 28.9 Å². The number of carbonyl (C=O) groups excluding carboxylic acids is 1. The Balaban J connectivity index is 2.27. The van der Waals surface area contributed by atoms with Gasteiger partial charge in [0.25, 0.3) is 0 Å². The Kier molecular flexibility index (Phi) is 3.62. The molecule has 1 aromatic carbocycles. The fraction of sp³-hybridized carbons (Fsp3) is 0.462. The summed E-state index contributed by atoms with van der Waals surface area (Å²) in [6.07, 6.45) is 0. The third kappa shape index (κ3) is 2.57. The van der Waals surface area contributed by atoms with Gasteiger partial charge in [-0.15, -0.1) is 0 Å². The molecule has 0 aromatic heterocycles. The van der Waals surface area contributed by atoms with Crippen molar-refractivity contribution in [3.63, 3.8) is 0 Å². The second kappa shape index (κ2) is 5.00. The molecule has 4 heteroatoms. The number of nitrogen functional groups attached to an aromatic ring is 1. The van der Waals surface area contributed by atoms with E-state index in [1.54, 1.807) is 6.92 Å². The number of carbonyl (C=O) groups is 1. The fourth-order valence-electron chi connectivity index (χ4n) is 2.16. The highest BCUT2D eigenvalue weighted by atomic mass is 32.2. The lowest BCUT2D eigenvalue weighted by Crippen LogP contribution is -2.40. The van der Waals surface area contributed by atoms with Gasteiger partial charge in [0.1, 0.15) is 0 Å². The minimum Gasteiger partial charge on any atom is -0.398 e. The van der Waals surface area contributed by atoms with Gasteiger partial charge in [-0.25, -0.2) is 0 Å². The molecule has 92 valence electrons. The zero-order valence-electron chi connectivity index (χ0n) is 10.3. The SMILES string of the molecule is CC(=O)c1ccc(N2CCSCC2C)cc1N. The van der Waals surface area contributed by atoms with Gasteiger partial charge in [0, 0.05) is 41.0 Å². The highest BCUT2D eigenvalue weighted by Gasteiger charge is 2.19. The van der Waals surface area contributed by atoms with Crippen LogP contribution in [0.15, 0.2) is 18.2 Å². The van der Waals surface area contributed by atoms with Crippen LogP contribution in [0.2, 0.25) is 0 Å². The summed E-state index contributed by atoms with van der Waals surface area (Å²) in [5.74, 6) is 2.32. The average molecular weight is 250 g/mol. The highest BCUT2D eigenvalue weighted by Crippen LogP contribution is 2.27. The molecule has 0 radical (unpaired) electrons. The summed E-state index contributed by atoms with van der Waals surface area (Å²) in [7, 11) is 0. The van der Waals surface area contributed by atoms with Crippen LogP contribution < -0.4 is 10.6 Å². The molecule has 1 aliphatic heterocycles. The molecule has 0 aliphatic carbocycles. The summed E-state index contributed by atoms with van der Waals surface area (Å²) in [5, 5.41) is 0. The first-order chi connectivity index (χ1) is 8.09. The molecule has 1 fully saturated rings. The maximum atomic E-state index is 11.3. The molecule has 2 rings (SSSR count). The molecule has 1 atom stereocenters. The van der Waals surface area contributed by atoms with Crippen LogP contribution >= 0.6 is 11.8 Å². The number of nitrogens with two attached hydrogens (primary N) is 1. The summed E-state index contributed by atoms with van der Waals surface area (Å²) in [5.41, 5.74) is 8.25. The van der Waals surface area contributed by atoms with Crippen LogP contribution in [0, 0.1) is 0 Å². The second-order valence-corrected chi connectivity index (χ2v) is 5.59. The van der Waals surface area contributed by atoms with Crippen molar-refractivity contribution in [1.82, 2.24) is 0 Å². The zero-order chi connectivity index (χ0) is 12.4. The third-order valence-corrected chi connectivity index (χ3v) is 4.30. The van der Waals surface area contributed by atoms with E-state index in [2.05, 4.69) is 11.8 Å². The Bertz CT molecular complexity index is 433. The van der Waals surface area contributed by atoms with E-state index in [1.807, 2.05) is 30.0 Å². The van der Waals surface area contributed by atoms with Gasteiger partial charge in [-0.3, -0.25) is 4.79 Å². The van der Waals surface area contributed by atoms with E-state index >= 15 is 0 Å². The first kappa shape index (κ1) is 12.3. The summed E-state index contributed by atoms with van der Waals surface area (Å²) >= 11 is 1.99. The summed E-state index contributed by atoms with van der Waals surface area (Å²) in [6, 6.07) is 6.28. The Morgan fingerprint density at radius 3 is 2.88 bits per heavy atom. The normalized spacial score (nSPS) is 20.4. The number of hydrogen-bond donors (Lipinski definition) is 1. The van der Waals surface area contributed by atoms with E-state index in [4.69, 9.17) is 5.73 Å². The van der Waals surface area contributed by atoms with Crippen molar-refractivity contribution in [2.45, 2.75) is 19.9 Å². The molecule has 3 nitrogen and oxygen atoms in total. The van der Waals surface area contributed by atoms with Crippen LogP contribution in [0.25, 0.3) is 0 Å². The van der Waals surface area contributed by atoms with E-state index < -0.39 is 0 Å². The van der Waals surface area contributed by atoms with E-state index in [-0.39, 0.29) is 5.78 Å². The third-order valence-electron chi connectivity index (χ3n) is 3.11. The van der Waals surface area contributed by atoms with Gasteiger partial charge in [0.15, 0.2) is 5.78 Å². The summed E-state index contributed by atoms with van der Waals surface area (Å²) in [4.78, 5) is 13.7. The lowest BCUT2D eigenvalue weighted by atomic mass is 10.1. The molecule has 1 aliphatic rings. The minimum absolute atomic E-state index is 0.0244. The van der Waals surface area contributed by atoms with Crippen molar-refractivity contribution in [1.29, 1.82) is 0 Å². The molecule has 17 heavy (non-hydrogen) atoms. The second-order valence-electron chi connectivity index (χ2n) is 4.45.